The first-order valence-electron chi connectivity index (χ1n) is 18.1. The molecule has 0 aliphatic heterocycles. The van der Waals surface area contributed by atoms with Crippen LogP contribution < -0.4 is 10.1 Å². The summed E-state index contributed by atoms with van der Waals surface area (Å²) in [5.41, 5.74) is 5.48. The predicted molar refractivity (Wildman–Crippen MR) is 192 cm³/mol. The van der Waals surface area contributed by atoms with E-state index in [2.05, 4.69) is 56.8 Å². The molecule has 2 bridgehead atoms. The molecule has 7 nitrogen and oxygen atoms in total. The molecule has 51 heavy (non-hydrogen) atoms. The predicted octanol–water partition coefficient (Wildman–Crippen LogP) is 10.7. The first kappa shape index (κ1) is 37.3. The number of ether oxygens (including phenoxy) is 3. The van der Waals surface area contributed by atoms with E-state index >= 15 is 0 Å². The molecule has 3 aliphatic rings. The Bertz CT molecular complexity index is 1760. The number of halogens is 3. The Kier molecular flexibility index (Phi) is 11.2. The van der Waals surface area contributed by atoms with Gasteiger partial charge in [-0.05, 0) is 117 Å². The maximum Gasteiger partial charge on any atom is 0.573 e. The lowest BCUT2D eigenvalue weighted by molar-refractivity contribution is -0.274. The smallest absolute Gasteiger partial charge is 0.465 e. The van der Waals surface area contributed by atoms with E-state index in [9.17, 15) is 18.0 Å². The highest BCUT2D eigenvalue weighted by atomic mass is 32.2. The molecule has 3 saturated carbocycles. The number of carbonyl (C=O) groups is 1. The number of esters is 1. The first-order valence-corrected chi connectivity index (χ1v) is 18.9. The third-order valence-corrected chi connectivity index (χ3v) is 12.4. The molecule has 1 N–H and O–H groups in total. The van der Waals surface area contributed by atoms with E-state index in [1.54, 1.807) is 23.9 Å². The number of nitrogens with one attached hydrogen (secondary N) is 1. The number of aromatic nitrogens is 1. The molecule has 3 unspecified atom stereocenters. The van der Waals surface area contributed by atoms with Crippen LogP contribution in [0.15, 0.2) is 56.4 Å². The number of allylic oxidation sites excluding steroid dienone is 1. The SMILES string of the molecule is CCC(C)=C(N[C@H]1CC2CC1C[C@@H]2OCc1c(-c2ccccc2OC(F)(F)F)noc1C1CC1)Sc1cc(C(=O)OC)cc(C(C)C(C)C)c1C. The van der Waals surface area contributed by atoms with Crippen molar-refractivity contribution < 1.29 is 36.7 Å². The zero-order chi connectivity index (χ0) is 36.6. The largest absolute Gasteiger partial charge is 0.573 e. The average molecular weight is 727 g/mol. The van der Waals surface area contributed by atoms with Crippen molar-refractivity contribution in [3.8, 4) is 17.0 Å². The zero-order valence-corrected chi connectivity index (χ0v) is 31.3. The number of alkyl halides is 3. The molecular weight excluding hydrogens is 678 g/mol. The third kappa shape index (κ3) is 8.30. The van der Waals surface area contributed by atoms with Crippen molar-refractivity contribution in [2.24, 2.45) is 17.8 Å². The molecular formula is C40H49F3N2O5S. The van der Waals surface area contributed by atoms with Crippen LogP contribution in [0.2, 0.25) is 0 Å². The number of carbonyl (C=O) groups excluding carboxylic acids is 1. The van der Waals surface area contributed by atoms with Crippen molar-refractivity contribution in [3.63, 3.8) is 0 Å². The minimum atomic E-state index is -4.83. The molecule has 11 heteroatoms. The number of para-hydroxylation sites is 1. The Balaban J connectivity index is 1.16. The Morgan fingerprint density at radius 2 is 1.84 bits per heavy atom. The molecule has 3 aliphatic carbocycles. The summed E-state index contributed by atoms with van der Waals surface area (Å²) >= 11 is 1.70. The zero-order valence-electron chi connectivity index (χ0n) is 30.5. The number of methoxy groups -OCH3 is 1. The normalized spacial score (nSPS) is 22.6. The highest BCUT2D eigenvalue weighted by Crippen LogP contribution is 2.50. The minimum absolute atomic E-state index is 0.0379. The van der Waals surface area contributed by atoms with E-state index in [4.69, 9.17) is 14.0 Å². The lowest BCUT2D eigenvalue weighted by Crippen LogP contribution is -2.37. The van der Waals surface area contributed by atoms with E-state index in [1.807, 2.05) is 12.1 Å². The maximum atomic E-state index is 13.2. The van der Waals surface area contributed by atoms with Crippen LogP contribution in [0.25, 0.3) is 11.3 Å². The second kappa shape index (κ2) is 15.3. The van der Waals surface area contributed by atoms with Crippen LogP contribution in [-0.4, -0.2) is 36.7 Å². The molecule has 1 heterocycles. The molecule has 0 amide bonds. The standard InChI is InChI=1S/C40H49F3N2O5S/c1-8-22(4)38(51-35-19-28(39(46)47-7)16-30(24(35)6)23(5)21(2)3)44-32-17-27-15-26(32)18-34(27)48-20-31-36(45-50-37(31)25-13-14-25)29-11-9-10-12-33(29)49-40(41,42)43/h9-12,16,19,21,23,25-27,32,34,44H,8,13-15,17-18,20H2,1-7H3/t23?,26?,27?,32-,34-/m0/s1. The third-order valence-electron chi connectivity index (χ3n) is 11.1. The van der Waals surface area contributed by atoms with Gasteiger partial charge in [0, 0.05) is 28.0 Å². The van der Waals surface area contributed by atoms with E-state index < -0.39 is 6.36 Å². The van der Waals surface area contributed by atoms with E-state index in [1.165, 1.54) is 35.9 Å². The van der Waals surface area contributed by atoms with Gasteiger partial charge in [-0.1, -0.05) is 56.7 Å². The van der Waals surface area contributed by atoms with Crippen molar-refractivity contribution >= 4 is 17.7 Å². The molecule has 276 valence electrons. The minimum Gasteiger partial charge on any atom is -0.465 e. The van der Waals surface area contributed by atoms with Crippen molar-refractivity contribution in [2.45, 2.75) is 122 Å². The summed E-state index contributed by atoms with van der Waals surface area (Å²) in [5.74, 6) is 1.75. The van der Waals surface area contributed by atoms with Gasteiger partial charge in [-0.3, -0.25) is 0 Å². The van der Waals surface area contributed by atoms with Gasteiger partial charge < -0.3 is 24.1 Å². The lowest BCUT2D eigenvalue weighted by Gasteiger charge is -2.31. The van der Waals surface area contributed by atoms with Crippen LogP contribution in [-0.2, 0) is 16.1 Å². The lowest BCUT2D eigenvalue weighted by atomic mass is 9.86. The van der Waals surface area contributed by atoms with Crippen LogP contribution in [0.1, 0.15) is 118 Å². The van der Waals surface area contributed by atoms with Crippen LogP contribution in [0.3, 0.4) is 0 Å². The molecule has 0 radical (unpaired) electrons. The summed E-state index contributed by atoms with van der Waals surface area (Å²) in [6.07, 6.45) is 0.927. The monoisotopic (exact) mass is 726 g/mol. The number of nitrogens with zero attached hydrogens (tertiary/aromatic N) is 1. The van der Waals surface area contributed by atoms with Gasteiger partial charge in [-0.2, -0.15) is 0 Å². The average Bonchev–Trinajstić information content (AvgIpc) is 3.56. The molecule has 6 rings (SSSR count). The summed E-state index contributed by atoms with van der Waals surface area (Å²) in [6.45, 7) is 13.3. The Morgan fingerprint density at radius 3 is 2.47 bits per heavy atom. The van der Waals surface area contributed by atoms with Gasteiger partial charge in [0.25, 0.3) is 0 Å². The first-order chi connectivity index (χ1) is 24.3. The molecule has 3 aromatic rings. The van der Waals surface area contributed by atoms with Gasteiger partial charge in [0.1, 0.15) is 17.2 Å². The molecule has 2 aromatic carbocycles. The van der Waals surface area contributed by atoms with Crippen LogP contribution in [0.4, 0.5) is 13.2 Å². The number of thioether (sulfide) groups is 1. The Hall–Kier alpha value is -3.44. The van der Waals surface area contributed by atoms with Crippen molar-refractivity contribution in [2.75, 3.05) is 7.11 Å². The van der Waals surface area contributed by atoms with Gasteiger partial charge in [0.05, 0.1) is 30.4 Å². The Morgan fingerprint density at radius 1 is 1.10 bits per heavy atom. The second-order valence-electron chi connectivity index (χ2n) is 14.8. The summed E-state index contributed by atoms with van der Waals surface area (Å²) < 4.78 is 61.5. The topological polar surface area (TPSA) is 82.8 Å². The number of benzene rings is 2. The van der Waals surface area contributed by atoms with E-state index in [0.717, 1.165) is 48.4 Å². The second-order valence-corrected chi connectivity index (χ2v) is 15.8. The quantitative estimate of drug-likeness (QED) is 0.130. The number of hydrogen-bond acceptors (Lipinski definition) is 8. The van der Waals surface area contributed by atoms with Gasteiger partial charge in [0.15, 0.2) is 0 Å². The molecule has 1 aromatic heterocycles. The maximum absolute atomic E-state index is 13.2. The fourth-order valence-corrected chi connectivity index (χ4v) is 8.78. The fraction of sp³-hybridized carbons (Fsp3) is 0.550. The summed E-state index contributed by atoms with van der Waals surface area (Å²) in [7, 11) is 1.42. The highest BCUT2D eigenvalue weighted by Gasteiger charge is 2.47. The van der Waals surface area contributed by atoms with E-state index in [-0.39, 0.29) is 47.9 Å². The number of hydrogen-bond donors (Lipinski definition) is 1. The van der Waals surface area contributed by atoms with Gasteiger partial charge >= 0.3 is 12.3 Å². The summed E-state index contributed by atoms with van der Waals surface area (Å²) in [6, 6.07) is 10.3. The van der Waals surface area contributed by atoms with Crippen molar-refractivity contribution in [3.05, 3.63) is 75.0 Å². The Labute approximate surface area is 303 Å². The fourth-order valence-electron chi connectivity index (χ4n) is 7.57. The number of rotatable bonds is 14. The van der Waals surface area contributed by atoms with Crippen LogP contribution in [0.5, 0.6) is 5.75 Å². The molecule has 5 atom stereocenters. The number of fused-ring (bicyclic) bond motifs is 2. The van der Waals surface area contributed by atoms with Gasteiger partial charge in [-0.25, -0.2) is 4.79 Å². The molecule has 0 saturated heterocycles. The molecule has 3 fully saturated rings. The van der Waals surface area contributed by atoms with Crippen molar-refractivity contribution in [1.82, 2.24) is 10.5 Å². The molecule has 0 spiro atoms. The van der Waals surface area contributed by atoms with Gasteiger partial charge in [-0.15, -0.1) is 13.2 Å². The van der Waals surface area contributed by atoms with Crippen molar-refractivity contribution in [1.29, 1.82) is 0 Å². The van der Waals surface area contributed by atoms with Gasteiger partial charge in [0.2, 0.25) is 0 Å². The van der Waals surface area contributed by atoms with Crippen LogP contribution in [0, 0.1) is 24.7 Å². The summed E-state index contributed by atoms with van der Waals surface area (Å²) in [4.78, 5) is 13.8. The van der Waals surface area contributed by atoms with Crippen LogP contribution >= 0.6 is 11.8 Å². The summed E-state index contributed by atoms with van der Waals surface area (Å²) in [5, 5.41) is 9.29. The highest BCUT2D eigenvalue weighted by molar-refractivity contribution is 8.03. The van der Waals surface area contributed by atoms with E-state index in [0.29, 0.717) is 40.3 Å².